The second-order valence-electron chi connectivity index (χ2n) is 7.87. The van der Waals surface area contributed by atoms with Crippen molar-refractivity contribution in [3.63, 3.8) is 0 Å². The summed E-state index contributed by atoms with van der Waals surface area (Å²) in [4.78, 5) is 28.9. The van der Waals surface area contributed by atoms with Crippen molar-refractivity contribution < 1.29 is 14.3 Å². The van der Waals surface area contributed by atoms with Crippen LogP contribution in [0.1, 0.15) is 28.9 Å². The summed E-state index contributed by atoms with van der Waals surface area (Å²) in [5, 5.41) is 14.3. The maximum Gasteiger partial charge on any atom is 0.273 e. The number of hydrogen-bond donors (Lipinski definition) is 2. The van der Waals surface area contributed by atoms with Crippen molar-refractivity contribution >= 4 is 40.6 Å². The van der Waals surface area contributed by atoms with Crippen molar-refractivity contribution in [3.05, 3.63) is 59.0 Å². The number of fused-ring (bicyclic) bond motifs is 1. The maximum atomic E-state index is 12.6. The molecule has 1 aromatic carbocycles. The summed E-state index contributed by atoms with van der Waals surface area (Å²) >= 11 is 5.88. The molecule has 0 unspecified atom stereocenters. The van der Waals surface area contributed by atoms with Crippen LogP contribution in [-0.4, -0.2) is 36.2 Å². The Bertz CT molecular complexity index is 1390. The van der Waals surface area contributed by atoms with Gasteiger partial charge in [-0.2, -0.15) is 5.10 Å². The van der Waals surface area contributed by atoms with E-state index < -0.39 is 0 Å². The molecular formula is C22H20ClN7O3. The molecular weight excluding hydrogens is 446 g/mol. The molecule has 1 aliphatic carbocycles. The van der Waals surface area contributed by atoms with Crippen molar-refractivity contribution in [3.8, 4) is 11.6 Å². The largest absolute Gasteiger partial charge is 0.438 e. The van der Waals surface area contributed by atoms with Crippen LogP contribution in [0.3, 0.4) is 0 Å². The van der Waals surface area contributed by atoms with Crippen LogP contribution < -0.4 is 15.4 Å². The third-order valence-corrected chi connectivity index (χ3v) is 5.44. The summed E-state index contributed by atoms with van der Waals surface area (Å²) < 4.78 is 8.86. The molecule has 1 aliphatic rings. The monoisotopic (exact) mass is 465 g/mol. The first-order valence-electron chi connectivity index (χ1n) is 10.3. The Kier molecular flexibility index (Phi) is 5.21. The predicted octanol–water partition coefficient (Wildman–Crippen LogP) is 3.82. The molecule has 0 aliphatic heterocycles. The molecule has 0 bridgehead atoms. The fourth-order valence-electron chi connectivity index (χ4n) is 3.30. The number of nitrogens with zero attached hydrogens (tertiary/aromatic N) is 5. The van der Waals surface area contributed by atoms with Gasteiger partial charge in [0.25, 0.3) is 5.91 Å². The SMILES string of the molecule is Cc1ccc(Oc2ccc3nc(NC(=O)C4CC4)cn3n2)cc1NC(=O)c1cc(Cl)nn1C. The lowest BCUT2D eigenvalue weighted by molar-refractivity contribution is -0.117. The molecule has 4 aromatic rings. The van der Waals surface area contributed by atoms with E-state index in [0.717, 1.165) is 18.4 Å². The van der Waals surface area contributed by atoms with Crippen molar-refractivity contribution in [2.45, 2.75) is 19.8 Å². The Hall–Kier alpha value is -3.92. The highest BCUT2D eigenvalue weighted by Gasteiger charge is 2.30. The molecule has 11 heteroatoms. The molecule has 2 amide bonds. The minimum Gasteiger partial charge on any atom is -0.438 e. The van der Waals surface area contributed by atoms with Gasteiger partial charge in [-0.15, -0.1) is 5.10 Å². The Morgan fingerprint density at radius 3 is 2.67 bits per heavy atom. The number of nitrogens with one attached hydrogen (secondary N) is 2. The highest BCUT2D eigenvalue weighted by Crippen LogP contribution is 2.30. The van der Waals surface area contributed by atoms with Crippen molar-refractivity contribution in [2.75, 3.05) is 10.6 Å². The zero-order chi connectivity index (χ0) is 23.1. The number of halogens is 1. The molecule has 1 fully saturated rings. The molecule has 168 valence electrons. The Labute approximate surface area is 193 Å². The second-order valence-corrected chi connectivity index (χ2v) is 8.26. The van der Waals surface area contributed by atoms with Crippen molar-refractivity contribution in [1.82, 2.24) is 24.4 Å². The predicted molar refractivity (Wildman–Crippen MR) is 122 cm³/mol. The highest BCUT2D eigenvalue weighted by atomic mass is 35.5. The van der Waals surface area contributed by atoms with Gasteiger partial charge in [-0.1, -0.05) is 17.7 Å². The van der Waals surface area contributed by atoms with Gasteiger partial charge in [-0.3, -0.25) is 14.3 Å². The first-order chi connectivity index (χ1) is 15.9. The van der Waals surface area contributed by atoms with E-state index in [1.807, 2.05) is 13.0 Å². The number of anilines is 2. The van der Waals surface area contributed by atoms with Crippen molar-refractivity contribution in [1.29, 1.82) is 0 Å². The summed E-state index contributed by atoms with van der Waals surface area (Å²) in [5.41, 5.74) is 2.37. The van der Waals surface area contributed by atoms with Gasteiger partial charge in [0.1, 0.15) is 11.4 Å². The van der Waals surface area contributed by atoms with Crippen LogP contribution >= 0.6 is 11.6 Å². The van der Waals surface area contributed by atoms with E-state index in [9.17, 15) is 9.59 Å². The van der Waals surface area contributed by atoms with Gasteiger partial charge in [0.2, 0.25) is 11.8 Å². The first-order valence-corrected chi connectivity index (χ1v) is 10.7. The number of amides is 2. The number of hydrogen-bond acceptors (Lipinski definition) is 6. The third kappa shape index (κ3) is 4.51. The molecule has 5 rings (SSSR count). The highest BCUT2D eigenvalue weighted by molar-refractivity contribution is 6.29. The minimum absolute atomic E-state index is 0.0162. The molecule has 3 aromatic heterocycles. The maximum absolute atomic E-state index is 12.6. The molecule has 2 N–H and O–H groups in total. The zero-order valence-electron chi connectivity index (χ0n) is 17.9. The summed E-state index contributed by atoms with van der Waals surface area (Å²) in [6, 6.07) is 10.3. The molecule has 0 radical (unpaired) electrons. The van der Waals surface area contributed by atoms with Gasteiger partial charge in [0, 0.05) is 36.9 Å². The number of carbonyl (C=O) groups excluding carboxylic acids is 2. The van der Waals surface area contributed by atoms with Gasteiger partial charge >= 0.3 is 0 Å². The standard InChI is InChI=1S/C22H20ClN7O3/c1-12-3-6-14(9-15(12)24-22(32)16-10-17(23)27-29(16)2)33-20-8-7-19-25-18(11-30(19)28-20)26-21(31)13-4-5-13/h3,6-11,13H,4-5H2,1-2H3,(H,24,32)(H,26,31). The fourth-order valence-corrected chi connectivity index (χ4v) is 3.52. The summed E-state index contributed by atoms with van der Waals surface area (Å²) in [7, 11) is 1.65. The lowest BCUT2D eigenvalue weighted by Crippen LogP contribution is -2.16. The van der Waals surface area contributed by atoms with E-state index in [1.54, 1.807) is 42.0 Å². The van der Waals surface area contributed by atoms with E-state index in [1.165, 1.54) is 10.7 Å². The average Bonchev–Trinajstić information content (AvgIpc) is 3.46. The number of benzene rings is 1. The molecule has 10 nitrogen and oxygen atoms in total. The molecule has 0 spiro atoms. The third-order valence-electron chi connectivity index (χ3n) is 5.26. The number of carbonyl (C=O) groups is 2. The second kappa shape index (κ2) is 8.21. The molecule has 3 heterocycles. The summed E-state index contributed by atoms with van der Waals surface area (Å²) in [5.74, 6) is 1.01. The fraction of sp³-hybridized carbons (Fsp3) is 0.227. The zero-order valence-corrected chi connectivity index (χ0v) is 18.6. The molecule has 0 atom stereocenters. The quantitative estimate of drug-likeness (QED) is 0.447. The van der Waals surface area contributed by atoms with E-state index in [2.05, 4.69) is 25.8 Å². The number of imidazole rings is 1. The average molecular weight is 466 g/mol. The van der Waals surface area contributed by atoms with Crippen LogP contribution in [0.25, 0.3) is 5.65 Å². The Balaban J connectivity index is 1.32. The lowest BCUT2D eigenvalue weighted by Gasteiger charge is -2.11. The van der Waals surface area contributed by atoms with Gasteiger partial charge in [-0.25, -0.2) is 9.50 Å². The molecule has 0 saturated heterocycles. The topological polar surface area (TPSA) is 115 Å². The van der Waals surface area contributed by atoms with Crippen LogP contribution in [0, 0.1) is 12.8 Å². The van der Waals surface area contributed by atoms with Crippen LogP contribution in [0.15, 0.2) is 42.6 Å². The van der Waals surface area contributed by atoms with Crippen LogP contribution in [0.5, 0.6) is 11.6 Å². The van der Waals surface area contributed by atoms with Gasteiger partial charge in [0.15, 0.2) is 16.6 Å². The molecule has 1 saturated carbocycles. The van der Waals surface area contributed by atoms with Crippen LogP contribution in [-0.2, 0) is 11.8 Å². The number of aromatic nitrogens is 5. The lowest BCUT2D eigenvalue weighted by atomic mass is 10.2. The Morgan fingerprint density at radius 1 is 1.12 bits per heavy atom. The van der Waals surface area contributed by atoms with Gasteiger partial charge < -0.3 is 15.4 Å². The number of rotatable bonds is 6. The van der Waals surface area contributed by atoms with E-state index in [0.29, 0.717) is 34.5 Å². The number of aryl methyl sites for hydroxylation is 2. The van der Waals surface area contributed by atoms with E-state index >= 15 is 0 Å². The smallest absolute Gasteiger partial charge is 0.273 e. The van der Waals surface area contributed by atoms with Gasteiger partial charge in [-0.05, 0) is 37.5 Å². The number of ether oxygens (including phenoxy) is 1. The van der Waals surface area contributed by atoms with Crippen LogP contribution in [0.2, 0.25) is 5.15 Å². The normalized spacial score (nSPS) is 13.2. The summed E-state index contributed by atoms with van der Waals surface area (Å²) in [6.07, 6.45) is 3.48. The molecule has 33 heavy (non-hydrogen) atoms. The Morgan fingerprint density at radius 2 is 1.94 bits per heavy atom. The minimum atomic E-state index is -0.337. The van der Waals surface area contributed by atoms with Gasteiger partial charge in [0.05, 0.1) is 6.20 Å². The van der Waals surface area contributed by atoms with Crippen molar-refractivity contribution in [2.24, 2.45) is 13.0 Å². The van der Waals surface area contributed by atoms with E-state index in [4.69, 9.17) is 16.3 Å². The summed E-state index contributed by atoms with van der Waals surface area (Å²) in [6.45, 7) is 1.88. The van der Waals surface area contributed by atoms with Crippen LogP contribution in [0.4, 0.5) is 11.5 Å². The first kappa shape index (κ1) is 21.0. The van der Waals surface area contributed by atoms with E-state index in [-0.39, 0.29) is 22.9 Å².